The molecule has 3 rings (SSSR count). The first-order chi connectivity index (χ1) is 14.0. The van der Waals surface area contributed by atoms with Gasteiger partial charge in [-0.3, -0.25) is 4.99 Å². The number of hydrogen-bond donors (Lipinski definition) is 2. The maximum Gasteiger partial charge on any atom is 0.191 e. The Morgan fingerprint density at radius 2 is 2.00 bits per heavy atom. The summed E-state index contributed by atoms with van der Waals surface area (Å²) < 4.78 is 30.5. The van der Waals surface area contributed by atoms with E-state index >= 15 is 0 Å². The molecule has 0 amide bonds. The van der Waals surface area contributed by atoms with Crippen molar-refractivity contribution in [3.8, 4) is 17.2 Å². The maximum absolute atomic E-state index is 13.9. The van der Waals surface area contributed by atoms with Crippen molar-refractivity contribution in [1.82, 2.24) is 10.6 Å². The number of guanidine groups is 1. The van der Waals surface area contributed by atoms with E-state index in [1.54, 1.807) is 13.1 Å². The third-order valence-corrected chi connectivity index (χ3v) is 4.73. The maximum atomic E-state index is 13.9. The Hall–Kier alpha value is -2.96. The fourth-order valence-electron chi connectivity index (χ4n) is 3.31. The summed E-state index contributed by atoms with van der Waals surface area (Å²) in [5.41, 5.74) is 2.97. The number of nitrogens with zero attached hydrogens (tertiary/aromatic N) is 1. The summed E-state index contributed by atoms with van der Waals surface area (Å²) in [5, 5.41) is 6.47. The van der Waals surface area contributed by atoms with Crippen LogP contribution in [0.15, 0.2) is 35.3 Å². The molecule has 156 valence electrons. The van der Waals surface area contributed by atoms with E-state index in [2.05, 4.69) is 28.6 Å². The summed E-state index contributed by atoms with van der Waals surface area (Å²) in [7, 11) is 3.14. The minimum Gasteiger partial charge on any atom is -0.494 e. The van der Waals surface area contributed by atoms with Crippen molar-refractivity contribution in [1.29, 1.82) is 0 Å². The van der Waals surface area contributed by atoms with Gasteiger partial charge in [0.15, 0.2) is 17.5 Å². The lowest BCUT2D eigenvalue weighted by molar-refractivity contribution is 0.254. The summed E-state index contributed by atoms with van der Waals surface area (Å²) in [6.45, 7) is 5.59. The lowest BCUT2D eigenvalue weighted by Gasteiger charge is -2.16. The highest BCUT2D eigenvalue weighted by Crippen LogP contribution is 2.35. The zero-order valence-electron chi connectivity index (χ0n) is 17.3. The van der Waals surface area contributed by atoms with Crippen LogP contribution in [0.2, 0.25) is 0 Å². The molecule has 0 saturated heterocycles. The Morgan fingerprint density at radius 1 is 1.21 bits per heavy atom. The predicted molar refractivity (Wildman–Crippen MR) is 111 cm³/mol. The molecule has 2 N–H and O–H groups in total. The Bertz CT molecular complexity index is 886. The fraction of sp³-hybridized carbons (Fsp3) is 0.409. The number of methoxy groups -OCH3 is 1. The zero-order valence-corrected chi connectivity index (χ0v) is 17.3. The molecular weight excluding hydrogens is 373 g/mol. The normalized spacial score (nSPS) is 15.5. The molecule has 2 aromatic carbocycles. The fourth-order valence-corrected chi connectivity index (χ4v) is 3.31. The van der Waals surface area contributed by atoms with Crippen LogP contribution in [-0.4, -0.2) is 32.8 Å². The highest BCUT2D eigenvalue weighted by molar-refractivity contribution is 5.79. The van der Waals surface area contributed by atoms with Crippen molar-refractivity contribution < 1.29 is 18.6 Å². The van der Waals surface area contributed by atoms with Crippen LogP contribution in [0.4, 0.5) is 4.39 Å². The van der Waals surface area contributed by atoms with Crippen molar-refractivity contribution >= 4 is 5.96 Å². The summed E-state index contributed by atoms with van der Waals surface area (Å²) in [5.74, 6) is 2.22. The largest absolute Gasteiger partial charge is 0.494 e. The number of nitrogens with one attached hydrogen (secondary N) is 2. The molecule has 1 unspecified atom stereocenters. The molecule has 0 aromatic heterocycles. The molecule has 0 saturated carbocycles. The van der Waals surface area contributed by atoms with Crippen molar-refractivity contribution in [2.45, 2.75) is 39.5 Å². The van der Waals surface area contributed by atoms with E-state index in [0.29, 0.717) is 25.7 Å². The van der Waals surface area contributed by atoms with Gasteiger partial charge in [0.1, 0.15) is 17.6 Å². The number of rotatable bonds is 7. The molecule has 0 aliphatic carbocycles. The average Bonchev–Trinajstić information content (AvgIpc) is 3.07. The third kappa shape index (κ3) is 5.10. The van der Waals surface area contributed by atoms with Crippen LogP contribution in [0.25, 0.3) is 0 Å². The van der Waals surface area contributed by atoms with Crippen LogP contribution < -0.4 is 24.8 Å². The quantitative estimate of drug-likeness (QED) is 0.550. The van der Waals surface area contributed by atoms with Crippen LogP contribution in [0, 0.1) is 5.82 Å². The lowest BCUT2D eigenvalue weighted by Crippen LogP contribution is -2.36. The van der Waals surface area contributed by atoms with Crippen LogP contribution in [0.3, 0.4) is 0 Å². The molecule has 29 heavy (non-hydrogen) atoms. The van der Waals surface area contributed by atoms with E-state index in [9.17, 15) is 4.39 Å². The second-order valence-electron chi connectivity index (χ2n) is 6.88. The summed E-state index contributed by atoms with van der Waals surface area (Å²) >= 11 is 0. The van der Waals surface area contributed by atoms with Gasteiger partial charge in [-0.05, 0) is 43.7 Å². The van der Waals surface area contributed by atoms with Gasteiger partial charge >= 0.3 is 0 Å². The smallest absolute Gasteiger partial charge is 0.191 e. The van der Waals surface area contributed by atoms with Gasteiger partial charge in [0.25, 0.3) is 0 Å². The molecule has 0 bridgehead atoms. The number of halogens is 1. The molecule has 1 aliphatic heterocycles. The first-order valence-electron chi connectivity index (χ1n) is 9.76. The van der Waals surface area contributed by atoms with Crippen molar-refractivity contribution in [2.75, 3.05) is 20.8 Å². The molecule has 1 aliphatic rings. The van der Waals surface area contributed by atoms with Gasteiger partial charge < -0.3 is 24.8 Å². The third-order valence-electron chi connectivity index (χ3n) is 4.73. The molecule has 0 radical (unpaired) electrons. The molecule has 6 nitrogen and oxygen atoms in total. The second-order valence-corrected chi connectivity index (χ2v) is 6.88. The van der Waals surface area contributed by atoms with Gasteiger partial charge in [0, 0.05) is 37.7 Å². The number of benzene rings is 2. The van der Waals surface area contributed by atoms with Gasteiger partial charge in [0.2, 0.25) is 0 Å². The van der Waals surface area contributed by atoms with Crippen LogP contribution in [0.1, 0.15) is 30.5 Å². The van der Waals surface area contributed by atoms with E-state index in [4.69, 9.17) is 14.2 Å². The second kappa shape index (κ2) is 9.49. The number of aliphatic imine (C=N–C) groups is 1. The molecule has 0 spiro atoms. The van der Waals surface area contributed by atoms with Gasteiger partial charge in [-0.1, -0.05) is 6.07 Å². The molecule has 2 aromatic rings. The first-order valence-corrected chi connectivity index (χ1v) is 9.76. The molecule has 1 heterocycles. The Morgan fingerprint density at radius 3 is 2.69 bits per heavy atom. The summed E-state index contributed by atoms with van der Waals surface area (Å²) in [6.07, 6.45) is 1.08. The first kappa shape index (κ1) is 20.8. The Kier molecular flexibility index (Phi) is 6.80. The van der Waals surface area contributed by atoms with Gasteiger partial charge in [-0.15, -0.1) is 0 Å². The van der Waals surface area contributed by atoms with E-state index in [1.807, 2.05) is 19.1 Å². The topological polar surface area (TPSA) is 64.1 Å². The summed E-state index contributed by atoms with van der Waals surface area (Å²) in [4.78, 5) is 4.24. The number of fused-ring (bicyclic) bond motifs is 1. The van der Waals surface area contributed by atoms with Gasteiger partial charge in [-0.2, -0.15) is 0 Å². The monoisotopic (exact) mass is 401 g/mol. The minimum absolute atomic E-state index is 0.182. The zero-order chi connectivity index (χ0) is 20.8. The number of hydrogen-bond acceptors (Lipinski definition) is 4. The van der Waals surface area contributed by atoms with Crippen molar-refractivity contribution in [2.24, 2.45) is 4.99 Å². The highest BCUT2D eigenvalue weighted by atomic mass is 19.1. The van der Waals surface area contributed by atoms with Crippen LogP contribution in [0.5, 0.6) is 17.2 Å². The van der Waals surface area contributed by atoms with Gasteiger partial charge in [-0.25, -0.2) is 4.39 Å². The van der Waals surface area contributed by atoms with E-state index in [-0.39, 0.29) is 17.7 Å². The molecule has 1 atom stereocenters. The Balaban J connectivity index is 1.63. The standard InChI is InChI=1S/C22H28FN3O3/c1-5-28-20-10-16-8-14(2)29-21(16)11-17(20)13-26-22(24-3)25-12-15-6-7-19(27-4)18(23)9-15/h6-7,9-11,14H,5,8,12-13H2,1-4H3,(H2,24,25,26). The van der Waals surface area contributed by atoms with Crippen LogP contribution in [-0.2, 0) is 19.5 Å². The van der Waals surface area contributed by atoms with E-state index in [1.165, 1.54) is 18.7 Å². The molecular formula is C22H28FN3O3. The molecule has 7 heteroatoms. The SMILES string of the molecule is CCOc1cc2c(cc1CNC(=NC)NCc1ccc(OC)c(F)c1)OC(C)C2. The highest BCUT2D eigenvalue weighted by Gasteiger charge is 2.22. The number of ether oxygens (including phenoxy) is 3. The van der Waals surface area contributed by atoms with Crippen molar-refractivity contribution in [3.05, 3.63) is 52.8 Å². The van der Waals surface area contributed by atoms with Gasteiger partial charge in [0.05, 0.1) is 13.7 Å². The average molecular weight is 401 g/mol. The molecule has 0 fully saturated rings. The predicted octanol–water partition coefficient (Wildman–Crippen LogP) is 3.42. The Labute approximate surface area is 171 Å². The lowest BCUT2D eigenvalue weighted by atomic mass is 10.1. The minimum atomic E-state index is -0.386. The van der Waals surface area contributed by atoms with Crippen LogP contribution >= 0.6 is 0 Å². The van der Waals surface area contributed by atoms with E-state index in [0.717, 1.165) is 29.0 Å². The van der Waals surface area contributed by atoms with Crippen molar-refractivity contribution in [3.63, 3.8) is 0 Å². The van der Waals surface area contributed by atoms with E-state index < -0.39 is 0 Å². The summed E-state index contributed by atoms with van der Waals surface area (Å²) in [6, 6.07) is 8.97.